The summed E-state index contributed by atoms with van der Waals surface area (Å²) in [6.07, 6.45) is 3.76. The molecule has 15 heavy (non-hydrogen) atoms. The fourth-order valence-corrected chi connectivity index (χ4v) is 2.08. The Morgan fingerprint density at radius 2 is 1.67 bits per heavy atom. The fourth-order valence-electron chi connectivity index (χ4n) is 1.99. The normalized spacial score (nSPS) is 11.1. The van der Waals surface area contributed by atoms with Crippen molar-refractivity contribution in [3.05, 3.63) is 0 Å². The van der Waals surface area contributed by atoms with Crippen molar-refractivity contribution in [2.75, 3.05) is 32.7 Å². The van der Waals surface area contributed by atoms with E-state index < -0.39 is 0 Å². The molecule has 0 atom stereocenters. The van der Waals surface area contributed by atoms with Gasteiger partial charge >= 0.3 is 0 Å². The number of aliphatic imine (C=N–C) groups is 1. The van der Waals surface area contributed by atoms with Gasteiger partial charge in [-0.3, -0.25) is 0 Å². The first-order valence-corrected chi connectivity index (χ1v) is 6.54. The number of hydrogen-bond acceptors (Lipinski definition) is 2. The van der Waals surface area contributed by atoms with E-state index in [9.17, 15) is 0 Å². The Labute approximate surface area is 100.0 Å². The van der Waals surface area contributed by atoms with Crippen molar-refractivity contribution < 1.29 is 4.48 Å². The van der Waals surface area contributed by atoms with Crippen molar-refractivity contribution in [2.24, 2.45) is 4.99 Å². The monoisotopic (exact) mass is 229 g/mol. The minimum absolute atomic E-state index is 0.843. The Balaban J connectivity index is 4.04. The van der Waals surface area contributed by atoms with Gasteiger partial charge < -0.3 is 4.48 Å². The van der Waals surface area contributed by atoms with Gasteiger partial charge in [-0.2, -0.15) is 0 Å². The van der Waals surface area contributed by atoms with Gasteiger partial charge in [0.25, 0.3) is 0 Å². The van der Waals surface area contributed by atoms with Crippen molar-refractivity contribution in [3.63, 3.8) is 0 Å². The van der Waals surface area contributed by atoms with Gasteiger partial charge in [-0.25, -0.2) is 4.99 Å². The van der Waals surface area contributed by atoms with E-state index in [0.29, 0.717) is 0 Å². The van der Waals surface area contributed by atoms with E-state index in [2.05, 4.69) is 43.1 Å². The van der Waals surface area contributed by atoms with Gasteiger partial charge in [-0.1, -0.05) is 13.3 Å². The summed E-state index contributed by atoms with van der Waals surface area (Å²) >= 11 is 4.56. The number of unbranched alkanes of at least 4 members (excludes halogenated alkanes) is 1. The molecule has 0 spiro atoms. The predicted molar refractivity (Wildman–Crippen MR) is 70.5 cm³/mol. The van der Waals surface area contributed by atoms with E-state index >= 15 is 0 Å². The quantitative estimate of drug-likeness (QED) is 0.256. The molecule has 0 aliphatic rings. The molecule has 0 N–H and O–H groups in total. The van der Waals surface area contributed by atoms with E-state index in [1.807, 2.05) is 0 Å². The van der Waals surface area contributed by atoms with Gasteiger partial charge in [0, 0.05) is 6.42 Å². The van der Waals surface area contributed by atoms with Gasteiger partial charge in [0.05, 0.1) is 37.9 Å². The average molecular weight is 229 g/mol. The summed E-state index contributed by atoms with van der Waals surface area (Å²) in [5.74, 6) is 0. The summed E-state index contributed by atoms with van der Waals surface area (Å²) in [5, 5.41) is 2.43. The van der Waals surface area contributed by atoms with Crippen LogP contribution in [0, 0.1) is 0 Å². The van der Waals surface area contributed by atoms with Crippen molar-refractivity contribution in [2.45, 2.75) is 40.0 Å². The molecule has 2 nitrogen and oxygen atoms in total. The Morgan fingerprint density at radius 1 is 1.07 bits per heavy atom. The molecule has 0 aliphatic heterocycles. The molecule has 0 heterocycles. The third-order valence-electron chi connectivity index (χ3n) is 3.29. The number of rotatable bonds is 9. The minimum atomic E-state index is 0.843. The fraction of sp³-hybridized carbons (Fsp3) is 0.917. The van der Waals surface area contributed by atoms with Crippen LogP contribution >= 0.6 is 12.2 Å². The summed E-state index contributed by atoms with van der Waals surface area (Å²) < 4.78 is 1.24. The second kappa shape index (κ2) is 9.02. The first-order chi connectivity index (χ1) is 7.24. The number of thiocarbonyl (C=S) groups is 1. The highest BCUT2D eigenvalue weighted by Gasteiger charge is 2.21. The summed E-state index contributed by atoms with van der Waals surface area (Å²) in [4.78, 5) is 3.98. The zero-order chi connectivity index (χ0) is 11.6. The maximum atomic E-state index is 4.56. The van der Waals surface area contributed by atoms with Crippen LogP contribution in [0.1, 0.15) is 40.0 Å². The molecular formula is C12H25N2S+. The predicted octanol–water partition coefficient (Wildman–Crippen LogP) is 3.14. The maximum absolute atomic E-state index is 4.56. The van der Waals surface area contributed by atoms with E-state index in [0.717, 1.165) is 13.0 Å². The van der Waals surface area contributed by atoms with Crippen LogP contribution < -0.4 is 0 Å². The SMILES string of the molecule is CCCC[N+](CC)(CC)CCCN=C=S. The standard InChI is InChI=1S/C12H25N2S/c1-4-7-10-14(5-2,6-3)11-8-9-13-12-15/h4-11H2,1-3H3/q+1. The number of nitrogens with zero attached hydrogens (tertiary/aromatic N) is 2. The topological polar surface area (TPSA) is 12.4 Å². The number of hydrogen-bond donors (Lipinski definition) is 0. The molecule has 0 radical (unpaired) electrons. The lowest BCUT2D eigenvalue weighted by Crippen LogP contribution is -2.49. The molecule has 0 saturated carbocycles. The zero-order valence-electron chi connectivity index (χ0n) is 10.5. The van der Waals surface area contributed by atoms with E-state index in [1.165, 1.54) is 43.5 Å². The first-order valence-electron chi connectivity index (χ1n) is 6.13. The third kappa shape index (κ3) is 6.03. The second-order valence-corrected chi connectivity index (χ2v) is 4.28. The molecule has 0 bridgehead atoms. The van der Waals surface area contributed by atoms with Crippen LogP contribution in [-0.2, 0) is 0 Å². The Kier molecular flexibility index (Phi) is 8.88. The van der Waals surface area contributed by atoms with Crippen molar-refractivity contribution in [1.29, 1.82) is 0 Å². The minimum Gasteiger partial charge on any atom is -0.324 e. The Bertz CT molecular complexity index is 194. The molecule has 0 amide bonds. The summed E-state index contributed by atoms with van der Waals surface area (Å²) in [5.41, 5.74) is 0. The molecule has 0 aromatic rings. The van der Waals surface area contributed by atoms with E-state index in [1.54, 1.807) is 0 Å². The smallest absolute Gasteiger partial charge is 0.0804 e. The van der Waals surface area contributed by atoms with Gasteiger partial charge in [-0.05, 0) is 32.5 Å². The molecule has 0 unspecified atom stereocenters. The average Bonchev–Trinajstić information content (AvgIpc) is 2.29. The van der Waals surface area contributed by atoms with Crippen LogP contribution in [0.25, 0.3) is 0 Å². The molecule has 0 saturated heterocycles. The summed E-state index contributed by atoms with van der Waals surface area (Å²) in [6.45, 7) is 12.7. The van der Waals surface area contributed by atoms with Crippen LogP contribution in [0.15, 0.2) is 4.99 Å². The zero-order valence-corrected chi connectivity index (χ0v) is 11.3. The van der Waals surface area contributed by atoms with Crippen LogP contribution in [0.3, 0.4) is 0 Å². The molecular weight excluding hydrogens is 204 g/mol. The van der Waals surface area contributed by atoms with Crippen LogP contribution in [0.5, 0.6) is 0 Å². The largest absolute Gasteiger partial charge is 0.324 e. The third-order valence-corrected chi connectivity index (χ3v) is 3.42. The molecule has 0 aliphatic carbocycles. The molecule has 0 fully saturated rings. The van der Waals surface area contributed by atoms with Crippen LogP contribution in [0.2, 0.25) is 0 Å². The number of isothiocyanates is 1. The highest BCUT2D eigenvalue weighted by molar-refractivity contribution is 7.78. The van der Waals surface area contributed by atoms with Crippen molar-refractivity contribution in [3.8, 4) is 0 Å². The van der Waals surface area contributed by atoms with Crippen molar-refractivity contribution in [1.82, 2.24) is 0 Å². The second-order valence-electron chi connectivity index (χ2n) is 4.10. The van der Waals surface area contributed by atoms with Crippen LogP contribution in [-0.4, -0.2) is 42.4 Å². The van der Waals surface area contributed by atoms with E-state index in [-0.39, 0.29) is 0 Å². The van der Waals surface area contributed by atoms with Gasteiger partial charge in [0.2, 0.25) is 0 Å². The van der Waals surface area contributed by atoms with Gasteiger partial charge in [0.1, 0.15) is 0 Å². The molecule has 3 heteroatoms. The molecule has 0 aromatic carbocycles. The highest BCUT2D eigenvalue weighted by atomic mass is 32.1. The van der Waals surface area contributed by atoms with Gasteiger partial charge in [0.15, 0.2) is 0 Å². The maximum Gasteiger partial charge on any atom is 0.0804 e. The van der Waals surface area contributed by atoms with Crippen molar-refractivity contribution >= 4 is 17.4 Å². The Hall–Kier alpha value is -0.240. The molecule has 0 rings (SSSR count). The lowest BCUT2D eigenvalue weighted by molar-refractivity contribution is -0.925. The summed E-state index contributed by atoms with van der Waals surface area (Å²) in [6, 6.07) is 0. The molecule has 0 aromatic heterocycles. The number of quaternary nitrogens is 1. The van der Waals surface area contributed by atoms with Gasteiger partial charge in [-0.15, -0.1) is 0 Å². The lowest BCUT2D eigenvalue weighted by Gasteiger charge is -2.37. The Morgan fingerprint density at radius 3 is 2.13 bits per heavy atom. The molecule has 88 valence electrons. The highest BCUT2D eigenvalue weighted by Crippen LogP contribution is 2.10. The van der Waals surface area contributed by atoms with E-state index in [4.69, 9.17) is 0 Å². The van der Waals surface area contributed by atoms with Crippen LogP contribution in [0.4, 0.5) is 0 Å². The summed E-state index contributed by atoms with van der Waals surface area (Å²) in [7, 11) is 0. The first kappa shape index (κ1) is 14.8. The lowest BCUT2D eigenvalue weighted by atomic mass is 10.2.